The smallest absolute Gasteiger partial charge is 0.247 e. The molecule has 0 aromatic heterocycles. The predicted molar refractivity (Wildman–Crippen MR) is 158 cm³/mol. The number of carbonyl (C=O) groups is 2. The zero-order valence-electron chi connectivity index (χ0n) is 24.5. The number of aliphatic hydroxyl groups is 1. The van der Waals surface area contributed by atoms with Crippen molar-refractivity contribution in [2.45, 2.75) is 66.0 Å². The van der Waals surface area contributed by atoms with Crippen LogP contribution in [0.5, 0.6) is 0 Å². The van der Waals surface area contributed by atoms with Crippen LogP contribution in [0.1, 0.15) is 57.2 Å². The number of allylic oxidation sites excluding steroid dienone is 2. The lowest BCUT2D eigenvalue weighted by molar-refractivity contribution is -0.131. The van der Waals surface area contributed by atoms with Crippen LogP contribution in [-0.4, -0.2) is 36.1 Å². The maximum Gasteiger partial charge on any atom is 0.247 e. The molecule has 0 saturated carbocycles. The lowest BCUT2D eigenvalue weighted by Crippen LogP contribution is -2.51. The second-order valence-electron chi connectivity index (χ2n) is 11.5. The van der Waals surface area contributed by atoms with Gasteiger partial charge in [0, 0.05) is 37.2 Å². The number of aryl methyl sites for hydroxylation is 1. The van der Waals surface area contributed by atoms with Crippen molar-refractivity contribution in [1.82, 2.24) is 10.6 Å². The number of halogens is 2. The van der Waals surface area contributed by atoms with Crippen molar-refractivity contribution in [2.24, 2.45) is 23.0 Å². The molecule has 0 radical (unpaired) electrons. The SMILES string of the molecule is CCc1cccc(CNC[C@H](O)[C@@H](Cc2cc(F)cc(F)c2)C2(C(N)=O)C=C(C)C=C(C(=O)NCCC(C)C)C2)c1. The molecule has 1 aliphatic carbocycles. The van der Waals surface area contributed by atoms with E-state index in [0.717, 1.165) is 24.5 Å². The highest BCUT2D eigenvalue weighted by Crippen LogP contribution is 2.44. The molecule has 5 N–H and O–H groups in total. The van der Waals surface area contributed by atoms with E-state index in [-0.39, 0.29) is 30.9 Å². The fourth-order valence-electron chi connectivity index (χ4n) is 5.56. The summed E-state index contributed by atoms with van der Waals surface area (Å²) in [5.74, 6) is -2.99. The average molecular weight is 568 g/mol. The lowest BCUT2D eigenvalue weighted by Gasteiger charge is -2.41. The van der Waals surface area contributed by atoms with Crippen LogP contribution in [0, 0.1) is 28.9 Å². The zero-order valence-corrected chi connectivity index (χ0v) is 24.5. The summed E-state index contributed by atoms with van der Waals surface area (Å²) < 4.78 is 28.3. The molecular weight excluding hydrogens is 524 g/mol. The Morgan fingerprint density at radius 1 is 1.07 bits per heavy atom. The highest BCUT2D eigenvalue weighted by Gasteiger charge is 2.48. The first-order valence-electron chi connectivity index (χ1n) is 14.3. The minimum absolute atomic E-state index is 0.0299. The van der Waals surface area contributed by atoms with Gasteiger partial charge in [-0.3, -0.25) is 9.59 Å². The minimum Gasteiger partial charge on any atom is -0.391 e. The van der Waals surface area contributed by atoms with Gasteiger partial charge in [-0.1, -0.05) is 62.8 Å². The fraction of sp³-hybridized carbons (Fsp3) is 0.455. The summed E-state index contributed by atoms with van der Waals surface area (Å²) in [6.45, 7) is 9.03. The molecule has 0 saturated heterocycles. The van der Waals surface area contributed by atoms with E-state index in [9.17, 15) is 23.5 Å². The standard InChI is InChI=1S/C33H43F2N3O3/c1-5-23-7-6-8-24(12-23)19-37-20-30(39)29(15-25-13-27(34)16-28(35)14-25)33(32(36)41)17-22(4)11-26(18-33)31(40)38-10-9-21(2)3/h6-8,11-14,16-17,21,29-30,37,39H,5,9-10,15,18-20H2,1-4H3,(H2,36,41)(H,38,40)/t29-,30+,33?/m1/s1. The van der Waals surface area contributed by atoms with Crippen LogP contribution < -0.4 is 16.4 Å². The first-order valence-corrected chi connectivity index (χ1v) is 14.3. The number of nitrogens with one attached hydrogen (secondary N) is 2. The molecule has 0 heterocycles. The highest BCUT2D eigenvalue weighted by atomic mass is 19.1. The zero-order chi connectivity index (χ0) is 30.2. The van der Waals surface area contributed by atoms with Crippen molar-refractivity contribution < 1.29 is 23.5 Å². The van der Waals surface area contributed by atoms with Gasteiger partial charge in [0.25, 0.3) is 0 Å². The number of nitrogens with two attached hydrogens (primary N) is 1. The van der Waals surface area contributed by atoms with Crippen LogP contribution in [0.15, 0.2) is 65.8 Å². The lowest BCUT2D eigenvalue weighted by atomic mass is 9.63. The van der Waals surface area contributed by atoms with Gasteiger partial charge in [-0.05, 0) is 67.3 Å². The number of hydrogen-bond acceptors (Lipinski definition) is 4. The summed E-state index contributed by atoms with van der Waals surface area (Å²) >= 11 is 0. The number of primary amides is 1. The van der Waals surface area contributed by atoms with Gasteiger partial charge >= 0.3 is 0 Å². The van der Waals surface area contributed by atoms with Crippen LogP contribution >= 0.6 is 0 Å². The van der Waals surface area contributed by atoms with Crippen molar-refractivity contribution in [2.75, 3.05) is 13.1 Å². The third-order valence-corrected chi connectivity index (χ3v) is 7.71. The van der Waals surface area contributed by atoms with Crippen molar-refractivity contribution in [3.8, 4) is 0 Å². The molecule has 8 heteroatoms. The average Bonchev–Trinajstić information content (AvgIpc) is 2.90. The monoisotopic (exact) mass is 567 g/mol. The number of rotatable bonds is 14. The van der Waals surface area contributed by atoms with Crippen molar-refractivity contribution in [3.05, 3.63) is 94.1 Å². The molecular formula is C33H43F2N3O3. The maximum absolute atomic E-state index is 14.2. The third kappa shape index (κ3) is 8.81. The quantitative estimate of drug-likeness (QED) is 0.265. The molecule has 1 aliphatic rings. The van der Waals surface area contributed by atoms with E-state index in [4.69, 9.17) is 5.73 Å². The number of amides is 2. The molecule has 2 amide bonds. The van der Waals surface area contributed by atoms with Crippen LogP contribution in [0.25, 0.3) is 0 Å². The molecule has 41 heavy (non-hydrogen) atoms. The van der Waals surface area contributed by atoms with Gasteiger partial charge in [0.05, 0.1) is 11.5 Å². The maximum atomic E-state index is 14.2. The number of aliphatic hydroxyl groups excluding tert-OH is 1. The van der Waals surface area contributed by atoms with Crippen molar-refractivity contribution in [3.63, 3.8) is 0 Å². The summed E-state index contributed by atoms with van der Waals surface area (Å²) in [5.41, 5.74) is 8.13. The number of carbonyl (C=O) groups excluding carboxylic acids is 2. The van der Waals surface area contributed by atoms with Gasteiger partial charge in [-0.15, -0.1) is 0 Å². The Morgan fingerprint density at radius 3 is 2.39 bits per heavy atom. The first kappa shape index (κ1) is 32.2. The summed E-state index contributed by atoms with van der Waals surface area (Å²) in [5, 5.41) is 17.7. The first-order chi connectivity index (χ1) is 19.4. The van der Waals surface area contributed by atoms with Crippen LogP contribution in [0.3, 0.4) is 0 Å². The second kappa shape index (κ2) is 14.5. The van der Waals surface area contributed by atoms with Gasteiger partial charge in [0.2, 0.25) is 11.8 Å². The van der Waals surface area contributed by atoms with Gasteiger partial charge in [-0.25, -0.2) is 8.78 Å². The number of hydrogen-bond donors (Lipinski definition) is 4. The Balaban J connectivity index is 1.92. The summed E-state index contributed by atoms with van der Waals surface area (Å²) in [6, 6.07) is 11.2. The van der Waals surface area contributed by atoms with Crippen LogP contribution in [0.2, 0.25) is 0 Å². The largest absolute Gasteiger partial charge is 0.391 e. The Labute approximate surface area is 242 Å². The van der Waals surface area contributed by atoms with E-state index in [1.807, 2.05) is 18.2 Å². The van der Waals surface area contributed by atoms with E-state index >= 15 is 0 Å². The molecule has 2 aromatic carbocycles. The molecule has 6 nitrogen and oxygen atoms in total. The summed E-state index contributed by atoms with van der Waals surface area (Å²) in [7, 11) is 0. The van der Waals surface area contributed by atoms with E-state index in [1.165, 1.54) is 17.7 Å². The Kier molecular flexibility index (Phi) is 11.4. The molecule has 3 rings (SSSR count). The minimum atomic E-state index is -1.46. The van der Waals surface area contributed by atoms with E-state index < -0.39 is 35.0 Å². The highest BCUT2D eigenvalue weighted by molar-refractivity contribution is 5.96. The molecule has 2 aromatic rings. The molecule has 222 valence electrons. The molecule has 3 atom stereocenters. The normalized spacial score (nSPS) is 18.4. The molecule has 0 spiro atoms. The molecule has 0 aliphatic heterocycles. The summed E-state index contributed by atoms with van der Waals surface area (Å²) in [4.78, 5) is 26.4. The molecule has 1 unspecified atom stereocenters. The Morgan fingerprint density at radius 2 is 1.76 bits per heavy atom. The van der Waals surface area contributed by atoms with Crippen LogP contribution in [0.4, 0.5) is 8.78 Å². The van der Waals surface area contributed by atoms with E-state index in [2.05, 4.69) is 37.5 Å². The van der Waals surface area contributed by atoms with Gasteiger partial charge in [0.1, 0.15) is 11.6 Å². The van der Waals surface area contributed by atoms with E-state index in [1.54, 1.807) is 19.1 Å². The Hall–Kier alpha value is -3.36. The van der Waals surface area contributed by atoms with Crippen LogP contribution in [-0.2, 0) is 29.0 Å². The van der Waals surface area contributed by atoms with Crippen molar-refractivity contribution in [1.29, 1.82) is 0 Å². The predicted octanol–water partition coefficient (Wildman–Crippen LogP) is 4.75. The van der Waals surface area contributed by atoms with Gasteiger partial charge < -0.3 is 21.5 Å². The van der Waals surface area contributed by atoms with Gasteiger partial charge in [-0.2, -0.15) is 0 Å². The molecule has 0 bridgehead atoms. The Bertz CT molecular complexity index is 1270. The summed E-state index contributed by atoms with van der Waals surface area (Å²) in [6.07, 6.45) is 3.91. The number of benzene rings is 2. The van der Waals surface area contributed by atoms with Gasteiger partial charge in [0.15, 0.2) is 0 Å². The van der Waals surface area contributed by atoms with E-state index in [0.29, 0.717) is 30.2 Å². The fourth-order valence-corrected chi connectivity index (χ4v) is 5.56. The molecule has 0 fully saturated rings. The second-order valence-corrected chi connectivity index (χ2v) is 11.5. The topological polar surface area (TPSA) is 104 Å². The van der Waals surface area contributed by atoms with Crippen molar-refractivity contribution >= 4 is 11.8 Å². The third-order valence-electron chi connectivity index (χ3n) is 7.71.